The van der Waals surface area contributed by atoms with Gasteiger partial charge in [-0.3, -0.25) is 0 Å². The maximum atomic E-state index is 6.50. The highest BCUT2D eigenvalue weighted by molar-refractivity contribution is 6.70. The van der Waals surface area contributed by atoms with E-state index in [1.54, 1.807) is 0 Å². The molecular formula is C26H32O2Si2. The van der Waals surface area contributed by atoms with Crippen molar-refractivity contribution in [2.45, 2.75) is 52.1 Å². The van der Waals surface area contributed by atoms with E-state index in [4.69, 9.17) is 8.85 Å². The zero-order valence-electron chi connectivity index (χ0n) is 19.0. The Bertz CT molecular complexity index is 936. The predicted molar refractivity (Wildman–Crippen MR) is 132 cm³/mol. The van der Waals surface area contributed by atoms with Gasteiger partial charge in [-0.2, -0.15) is 0 Å². The molecule has 4 rings (SSSR count). The van der Waals surface area contributed by atoms with Gasteiger partial charge in [-0.25, -0.2) is 0 Å². The van der Waals surface area contributed by atoms with Crippen molar-refractivity contribution in [3.05, 3.63) is 95.1 Å². The van der Waals surface area contributed by atoms with Crippen LogP contribution in [0.3, 0.4) is 0 Å². The Morgan fingerprint density at radius 1 is 0.567 bits per heavy atom. The summed E-state index contributed by atoms with van der Waals surface area (Å²) in [5.41, 5.74) is 7.83. The SMILES string of the molecule is C[Si](C)(C)OC1=C(CCC2=C(O[Si](C)(C)C)[CH]c3ccccc32)c2ccccc2[CH]1. The first kappa shape index (κ1) is 21.2. The van der Waals surface area contributed by atoms with E-state index in [1.807, 2.05) is 0 Å². The van der Waals surface area contributed by atoms with Crippen LogP contribution in [0.1, 0.15) is 35.1 Å². The molecule has 156 valence electrons. The lowest BCUT2D eigenvalue weighted by molar-refractivity contribution is 0.434. The van der Waals surface area contributed by atoms with Crippen LogP contribution < -0.4 is 0 Å². The van der Waals surface area contributed by atoms with Crippen LogP contribution in [0.5, 0.6) is 0 Å². The highest BCUT2D eigenvalue weighted by Gasteiger charge is 2.30. The van der Waals surface area contributed by atoms with Gasteiger partial charge in [0.05, 0.1) is 24.4 Å². The number of hydrogen-bond acceptors (Lipinski definition) is 2. The molecule has 4 heteroatoms. The molecule has 0 aromatic heterocycles. The molecule has 0 amide bonds. The summed E-state index contributed by atoms with van der Waals surface area (Å²) in [6.45, 7) is 13.5. The number of fused-ring (bicyclic) bond motifs is 2. The van der Waals surface area contributed by atoms with Crippen LogP contribution in [0.4, 0.5) is 0 Å². The zero-order valence-corrected chi connectivity index (χ0v) is 21.0. The van der Waals surface area contributed by atoms with Gasteiger partial charge in [0, 0.05) is 0 Å². The number of rotatable bonds is 7. The number of hydrogen-bond donors (Lipinski definition) is 0. The highest BCUT2D eigenvalue weighted by Crippen LogP contribution is 2.43. The Hall–Kier alpha value is -2.05. The van der Waals surface area contributed by atoms with Crippen molar-refractivity contribution in [3.63, 3.8) is 0 Å². The van der Waals surface area contributed by atoms with Crippen molar-refractivity contribution < 1.29 is 8.85 Å². The largest absolute Gasteiger partial charge is 0.547 e. The van der Waals surface area contributed by atoms with E-state index < -0.39 is 16.6 Å². The van der Waals surface area contributed by atoms with E-state index >= 15 is 0 Å². The maximum Gasteiger partial charge on any atom is 0.241 e. The molecule has 0 saturated heterocycles. The molecule has 2 nitrogen and oxygen atoms in total. The molecule has 0 atom stereocenters. The summed E-state index contributed by atoms with van der Waals surface area (Å²) in [5.74, 6) is 2.14. The smallest absolute Gasteiger partial charge is 0.241 e. The standard InChI is InChI=1S/C26H32O2Si2/c1-29(2,3)27-25-17-19-11-7-9-13-21(19)23(25)15-16-24-22-14-10-8-12-20(22)18-26(24)28-30(4,5)6/h7-14,17-18H,15-16H2,1-6H3. The van der Waals surface area contributed by atoms with Crippen LogP contribution in [0.2, 0.25) is 39.3 Å². The Balaban J connectivity index is 1.66. The minimum absolute atomic E-state index is 0.948. The van der Waals surface area contributed by atoms with E-state index in [2.05, 4.69) is 101 Å². The van der Waals surface area contributed by atoms with E-state index in [1.165, 1.54) is 33.4 Å². The third-order valence-electron chi connectivity index (χ3n) is 5.20. The van der Waals surface area contributed by atoms with Crippen LogP contribution in [0.15, 0.2) is 60.0 Å². The summed E-state index contributed by atoms with van der Waals surface area (Å²) in [6.07, 6.45) is 6.35. The highest BCUT2D eigenvalue weighted by atomic mass is 28.4. The van der Waals surface area contributed by atoms with Crippen molar-refractivity contribution in [1.82, 2.24) is 0 Å². The first-order chi connectivity index (χ1) is 14.1. The van der Waals surface area contributed by atoms with E-state index in [-0.39, 0.29) is 0 Å². The summed E-state index contributed by atoms with van der Waals surface area (Å²) in [7, 11) is -3.39. The first-order valence-electron chi connectivity index (χ1n) is 10.8. The molecular weight excluding hydrogens is 400 g/mol. The molecule has 2 aromatic rings. The van der Waals surface area contributed by atoms with Crippen LogP contribution in [-0.2, 0) is 8.85 Å². The molecule has 0 bridgehead atoms. The summed E-state index contributed by atoms with van der Waals surface area (Å²) < 4.78 is 13.0. The lowest BCUT2D eigenvalue weighted by Gasteiger charge is -2.23. The zero-order chi connectivity index (χ0) is 21.5. The maximum absolute atomic E-state index is 6.50. The molecule has 0 saturated carbocycles. The second kappa shape index (κ2) is 7.90. The van der Waals surface area contributed by atoms with Gasteiger partial charge in [0.1, 0.15) is 0 Å². The van der Waals surface area contributed by atoms with Gasteiger partial charge in [0.25, 0.3) is 0 Å². The summed E-state index contributed by atoms with van der Waals surface area (Å²) in [4.78, 5) is 0. The Morgan fingerprint density at radius 2 is 0.933 bits per heavy atom. The quantitative estimate of drug-likeness (QED) is 0.424. The van der Waals surface area contributed by atoms with E-state index in [0.717, 1.165) is 24.4 Å². The van der Waals surface area contributed by atoms with Crippen molar-refractivity contribution >= 4 is 27.8 Å². The molecule has 2 aliphatic carbocycles. The fourth-order valence-corrected chi connectivity index (χ4v) is 5.81. The van der Waals surface area contributed by atoms with Crippen molar-refractivity contribution in [1.29, 1.82) is 0 Å². The lowest BCUT2D eigenvalue weighted by atomic mass is 9.96. The van der Waals surface area contributed by atoms with Crippen molar-refractivity contribution in [2.75, 3.05) is 0 Å². The summed E-state index contributed by atoms with van der Waals surface area (Å²) >= 11 is 0. The van der Waals surface area contributed by atoms with Crippen LogP contribution in [0, 0.1) is 12.8 Å². The number of benzene rings is 2. The summed E-state index contributed by atoms with van der Waals surface area (Å²) in [5, 5.41) is 0. The van der Waals surface area contributed by atoms with Gasteiger partial charge in [-0.15, -0.1) is 0 Å². The number of allylic oxidation sites excluding steroid dienone is 4. The Labute approximate surface area is 183 Å². The normalized spacial score (nSPS) is 16.1. The van der Waals surface area contributed by atoms with Gasteiger partial charge in [-0.05, 0) is 85.5 Å². The third kappa shape index (κ3) is 4.65. The van der Waals surface area contributed by atoms with Crippen LogP contribution >= 0.6 is 0 Å². The van der Waals surface area contributed by atoms with E-state index in [0.29, 0.717) is 0 Å². The van der Waals surface area contributed by atoms with Crippen LogP contribution in [0.25, 0.3) is 11.1 Å². The molecule has 0 heterocycles. The molecule has 0 N–H and O–H groups in total. The predicted octanol–water partition coefficient (Wildman–Crippen LogP) is 7.42. The van der Waals surface area contributed by atoms with Crippen molar-refractivity contribution in [2.24, 2.45) is 0 Å². The fourth-order valence-electron chi connectivity index (χ4n) is 4.13. The Kier molecular flexibility index (Phi) is 5.58. The third-order valence-corrected chi connectivity index (χ3v) is 6.86. The molecule has 0 unspecified atom stereocenters. The molecule has 2 aromatic carbocycles. The average molecular weight is 433 g/mol. The second-order valence-electron chi connectivity index (χ2n) is 10.1. The monoisotopic (exact) mass is 432 g/mol. The van der Waals surface area contributed by atoms with Crippen molar-refractivity contribution in [3.8, 4) is 0 Å². The molecule has 0 spiro atoms. The molecule has 30 heavy (non-hydrogen) atoms. The molecule has 0 fully saturated rings. The molecule has 2 aliphatic rings. The minimum Gasteiger partial charge on any atom is -0.547 e. The summed E-state index contributed by atoms with van der Waals surface area (Å²) in [6, 6.07) is 17.3. The van der Waals surface area contributed by atoms with Gasteiger partial charge in [0.2, 0.25) is 16.6 Å². The fraction of sp³-hybridized carbons (Fsp3) is 0.308. The first-order valence-corrected chi connectivity index (χ1v) is 17.6. The second-order valence-corrected chi connectivity index (χ2v) is 18.9. The van der Waals surface area contributed by atoms with Gasteiger partial charge >= 0.3 is 0 Å². The Morgan fingerprint density at radius 3 is 1.30 bits per heavy atom. The van der Waals surface area contributed by atoms with Gasteiger partial charge in [0.15, 0.2) is 0 Å². The van der Waals surface area contributed by atoms with Gasteiger partial charge < -0.3 is 8.85 Å². The molecule has 0 aliphatic heterocycles. The minimum atomic E-state index is -1.69. The average Bonchev–Trinajstić information content (AvgIpc) is 3.14. The topological polar surface area (TPSA) is 18.5 Å². The van der Waals surface area contributed by atoms with E-state index in [9.17, 15) is 0 Å². The lowest BCUT2D eigenvalue weighted by Crippen LogP contribution is -2.25. The molecule has 2 radical (unpaired) electrons. The van der Waals surface area contributed by atoms with Gasteiger partial charge in [-0.1, -0.05) is 48.5 Å². The van der Waals surface area contributed by atoms with Crippen LogP contribution in [-0.4, -0.2) is 16.6 Å².